The molecular formula is C22H23ClN4O2S2. The van der Waals surface area contributed by atoms with Gasteiger partial charge < -0.3 is 15.1 Å². The zero-order valence-corrected chi connectivity index (χ0v) is 19.7. The molecule has 3 aromatic rings. The molecule has 1 aliphatic rings. The summed E-state index contributed by atoms with van der Waals surface area (Å²) in [5, 5.41) is 3.75. The Kier molecular flexibility index (Phi) is 6.71. The summed E-state index contributed by atoms with van der Waals surface area (Å²) in [5.74, 6) is -0.0910. The Bertz CT molecular complexity index is 1090. The maximum Gasteiger partial charge on any atom is 0.263 e. The molecule has 0 spiro atoms. The molecule has 0 atom stereocenters. The molecule has 2 aromatic heterocycles. The van der Waals surface area contributed by atoms with Gasteiger partial charge in [-0.2, -0.15) is 0 Å². The van der Waals surface area contributed by atoms with Crippen molar-refractivity contribution in [3.05, 3.63) is 62.4 Å². The van der Waals surface area contributed by atoms with Gasteiger partial charge in [0.05, 0.1) is 14.9 Å². The highest BCUT2D eigenvalue weighted by Crippen LogP contribution is 2.34. The van der Waals surface area contributed by atoms with E-state index in [0.29, 0.717) is 27.0 Å². The molecule has 0 aliphatic carbocycles. The molecule has 1 aliphatic heterocycles. The first-order valence-corrected chi connectivity index (χ1v) is 12.0. The number of rotatable bonds is 5. The molecule has 1 N–H and O–H groups in total. The van der Waals surface area contributed by atoms with Gasteiger partial charge in [0.25, 0.3) is 11.8 Å². The molecular weight excluding hydrogens is 452 g/mol. The number of hydrogen-bond acceptors (Lipinski definition) is 6. The number of hydrogen-bond donors (Lipinski definition) is 1. The Morgan fingerprint density at radius 1 is 1.06 bits per heavy atom. The van der Waals surface area contributed by atoms with Crippen molar-refractivity contribution in [1.82, 2.24) is 20.1 Å². The number of thiophene rings is 1. The zero-order valence-electron chi connectivity index (χ0n) is 17.4. The van der Waals surface area contributed by atoms with Crippen LogP contribution in [0.25, 0.3) is 9.88 Å². The second kappa shape index (κ2) is 9.48. The number of benzene rings is 1. The van der Waals surface area contributed by atoms with E-state index in [1.165, 1.54) is 22.7 Å². The van der Waals surface area contributed by atoms with Crippen LogP contribution in [-0.4, -0.2) is 59.8 Å². The van der Waals surface area contributed by atoms with Gasteiger partial charge in [-0.1, -0.05) is 23.7 Å². The van der Waals surface area contributed by atoms with Crippen LogP contribution in [0.15, 0.2) is 36.4 Å². The highest BCUT2D eigenvalue weighted by Gasteiger charge is 2.20. The van der Waals surface area contributed by atoms with Gasteiger partial charge in [-0.3, -0.25) is 9.59 Å². The molecule has 2 amide bonds. The van der Waals surface area contributed by atoms with Gasteiger partial charge in [0.1, 0.15) is 9.88 Å². The van der Waals surface area contributed by atoms with E-state index in [-0.39, 0.29) is 11.8 Å². The topological polar surface area (TPSA) is 65.5 Å². The Labute approximate surface area is 194 Å². The summed E-state index contributed by atoms with van der Waals surface area (Å²) in [4.78, 5) is 35.5. The SMILES string of the molecule is Cc1nc(-c2ccc(Cl)s2)sc1C(=O)NCc1ccc(C(=O)N2CCN(C)CC2)cc1. The number of amides is 2. The minimum atomic E-state index is -0.151. The van der Waals surface area contributed by atoms with E-state index in [9.17, 15) is 9.59 Å². The van der Waals surface area contributed by atoms with Crippen LogP contribution < -0.4 is 5.32 Å². The van der Waals surface area contributed by atoms with E-state index in [2.05, 4.69) is 22.2 Å². The van der Waals surface area contributed by atoms with Crippen molar-refractivity contribution in [2.45, 2.75) is 13.5 Å². The van der Waals surface area contributed by atoms with E-state index in [1.54, 1.807) is 0 Å². The van der Waals surface area contributed by atoms with Gasteiger partial charge in [-0.05, 0) is 43.8 Å². The monoisotopic (exact) mass is 474 g/mol. The summed E-state index contributed by atoms with van der Waals surface area (Å²) in [6.45, 7) is 5.52. The Morgan fingerprint density at radius 2 is 1.77 bits per heavy atom. The molecule has 0 unspecified atom stereocenters. The van der Waals surface area contributed by atoms with Crippen molar-refractivity contribution < 1.29 is 9.59 Å². The number of piperazine rings is 1. The maximum absolute atomic E-state index is 12.7. The molecule has 1 saturated heterocycles. The minimum Gasteiger partial charge on any atom is -0.347 e. The van der Waals surface area contributed by atoms with E-state index >= 15 is 0 Å². The average molecular weight is 475 g/mol. The summed E-state index contributed by atoms with van der Waals surface area (Å²) in [5.41, 5.74) is 2.32. The van der Waals surface area contributed by atoms with E-state index < -0.39 is 0 Å². The van der Waals surface area contributed by atoms with E-state index in [1.807, 2.05) is 48.2 Å². The van der Waals surface area contributed by atoms with Crippen LogP contribution in [-0.2, 0) is 6.54 Å². The van der Waals surface area contributed by atoms with Gasteiger partial charge in [-0.25, -0.2) is 4.98 Å². The van der Waals surface area contributed by atoms with Crippen molar-refractivity contribution in [2.75, 3.05) is 33.2 Å². The first kappa shape index (κ1) is 22.0. The van der Waals surface area contributed by atoms with Crippen molar-refractivity contribution in [3.8, 4) is 9.88 Å². The highest BCUT2D eigenvalue weighted by molar-refractivity contribution is 7.24. The lowest BCUT2D eigenvalue weighted by molar-refractivity contribution is 0.0664. The van der Waals surface area contributed by atoms with Crippen LogP contribution in [0.4, 0.5) is 0 Å². The van der Waals surface area contributed by atoms with Crippen LogP contribution in [0, 0.1) is 6.92 Å². The number of halogens is 1. The number of nitrogens with zero attached hydrogens (tertiary/aromatic N) is 3. The van der Waals surface area contributed by atoms with Gasteiger partial charge in [0.2, 0.25) is 0 Å². The molecule has 6 nitrogen and oxygen atoms in total. The third kappa shape index (κ3) is 5.15. The van der Waals surface area contributed by atoms with Crippen molar-refractivity contribution in [1.29, 1.82) is 0 Å². The maximum atomic E-state index is 12.7. The predicted octanol–water partition coefficient (Wildman–Crippen LogP) is 4.15. The predicted molar refractivity (Wildman–Crippen MR) is 126 cm³/mol. The number of nitrogens with one attached hydrogen (secondary N) is 1. The Morgan fingerprint density at radius 3 is 2.42 bits per heavy atom. The average Bonchev–Trinajstić information content (AvgIpc) is 3.38. The van der Waals surface area contributed by atoms with E-state index in [4.69, 9.17) is 11.6 Å². The zero-order chi connectivity index (χ0) is 22.0. The van der Waals surface area contributed by atoms with Crippen LogP contribution in [0.1, 0.15) is 31.3 Å². The van der Waals surface area contributed by atoms with Crippen LogP contribution in [0.5, 0.6) is 0 Å². The quantitative estimate of drug-likeness (QED) is 0.603. The molecule has 31 heavy (non-hydrogen) atoms. The van der Waals surface area contributed by atoms with E-state index in [0.717, 1.165) is 41.6 Å². The fourth-order valence-electron chi connectivity index (χ4n) is 3.36. The standard InChI is InChI=1S/C22H23ClN4O2S2/c1-14-19(31-21(25-14)17-7-8-18(23)30-17)20(28)24-13-15-3-5-16(6-4-15)22(29)27-11-9-26(2)10-12-27/h3-8H,9-13H2,1-2H3,(H,24,28). The molecule has 0 saturated carbocycles. The summed E-state index contributed by atoms with van der Waals surface area (Å²) < 4.78 is 0.698. The Hall–Kier alpha value is -2.26. The lowest BCUT2D eigenvalue weighted by Crippen LogP contribution is -2.47. The van der Waals surface area contributed by atoms with Crippen LogP contribution >= 0.6 is 34.3 Å². The number of aryl methyl sites for hydroxylation is 1. The lowest BCUT2D eigenvalue weighted by Gasteiger charge is -2.32. The fraction of sp³-hybridized carbons (Fsp3) is 0.318. The second-order valence-electron chi connectivity index (χ2n) is 7.51. The van der Waals surface area contributed by atoms with Crippen molar-refractivity contribution in [2.24, 2.45) is 0 Å². The van der Waals surface area contributed by atoms with Gasteiger partial charge in [0, 0.05) is 38.3 Å². The van der Waals surface area contributed by atoms with Crippen molar-refractivity contribution >= 4 is 46.1 Å². The summed E-state index contributed by atoms with van der Waals surface area (Å²) in [6, 6.07) is 11.2. The first-order chi connectivity index (χ1) is 14.9. The molecule has 0 radical (unpaired) electrons. The first-order valence-electron chi connectivity index (χ1n) is 9.99. The molecule has 0 bridgehead atoms. The highest BCUT2D eigenvalue weighted by atomic mass is 35.5. The largest absolute Gasteiger partial charge is 0.347 e. The number of thiazole rings is 1. The van der Waals surface area contributed by atoms with Crippen LogP contribution in [0.3, 0.4) is 0 Å². The molecule has 4 rings (SSSR count). The molecule has 3 heterocycles. The molecule has 162 valence electrons. The smallest absolute Gasteiger partial charge is 0.263 e. The number of likely N-dealkylation sites (N-methyl/N-ethyl adjacent to an activating group) is 1. The van der Waals surface area contributed by atoms with Crippen LogP contribution in [0.2, 0.25) is 4.34 Å². The number of carbonyl (C=O) groups excluding carboxylic acids is 2. The van der Waals surface area contributed by atoms with Gasteiger partial charge in [0.15, 0.2) is 0 Å². The van der Waals surface area contributed by atoms with Gasteiger partial charge >= 0.3 is 0 Å². The van der Waals surface area contributed by atoms with Crippen molar-refractivity contribution in [3.63, 3.8) is 0 Å². The molecule has 9 heteroatoms. The number of carbonyl (C=O) groups is 2. The summed E-state index contributed by atoms with van der Waals surface area (Å²) in [6.07, 6.45) is 0. The third-order valence-corrected chi connectivity index (χ3v) is 7.79. The third-order valence-electron chi connectivity index (χ3n) is 5.23. The second-order valence-corrected chi connectivity index (χ2v) is 10.2. The lowest BCUT2D eigenvalue weighted by atomic mass is 10.1. The summed E-state index contributed by atoms with van der Waals surface area (Å²) in [7, 11) is 2.07. The Balaban J connectivity index is 1.35. The molecule has 1 fully saturated rings. The van der Waals surface area contributed by atoms with Gasteiger partial charge in [-0.15, -0.1) is 22.7 Å². The fourth-order valence-corrected chi connectivity index (χ4v) is 5.44. The minimum absolute atomic E-state index is 0.0604. The molecule has 1 aromatic carbocycles. The summed E-state index contributed by atoms with van der Waals surface area (Å²) >= 11 is 8.82. The number of aromatic nitrogens is 1. The normalized spacial score (nSPS) is 14.6.